The quantitative estimate of drug-likeness (QED) is 0.0355. The highest BCUT2D eigenvalue weighted by Gasteiger charge is 2.36. The summed E-state index contributed by atoms with van der Waals surface area (Å²) in [6.07, 6.45) is 15.9. The first-order valence-corrected chi connectivity index (χ1v) is 40.4. The van der Waals surface area contributed by atoms with Crippen molar-refractivity contribution in [3.05, 3.63) is 344 Å². The molecule has 6 aromatic carbocycles. The smallest absolute Gasteiger partial charge is 0.238 e. The van der Waals surface area contributed by atoms with Crippen molar-refractivity contribution in [2.24, 2.45) is 34.6 Å². The Morgan fingerprint density at radius 2 is 0.881 bits per heavy atom. The summed E-state index contributed by atoms with van der Waals surface area (Å²) in [5.74, 6) is 6.39. The number of thiazole rings is 2. The Morgan fingerprint density at radius 1 is 0.466 bits per heavy atom. The van der Waals surface area contributed by atoms with Crippen molar-refractivity contribution in [1.82, 2.24) is 89.7 Å². The van der Waals surface area contributed by atoms with Gasteiger partial charge < -0.3 is 55.3 Å². The number of imidazole rings is 2. The predicted molar refractivity (Wildman–Crippen MR) is 446 cm³/mol. The van der Waals surface area contributed by atoms with Crippen molar-refractivity contribution in [3.8, 4) is 6.07 Å². The first-order chi connectivity index (χ1) is 56.8. The molecule has 0 radical (unpaired) electrons. The molecular formula is C87H96N24O5S2. The number of nitrogens with two attached hydrogens (primary N) is 5. The van der Waals surface area contributed by atoms with E-state index in [2.05, 4.69) is 94.2 Å². The van der Waals surface area contributed by atoms with Gasteiger partial charge in [-0.05, 0) is 145 Å². The van der Waals surface area contributed by atoms with Crippen LogP contribution >= 0.6 is 22.7 Å². The van der Waals surface area contributed by atoms with E-state index in [1.54, 1.807) is 39.9 Å². The van der Waals surface area contributed by atoms with Crippen LogP contribution in [0, 0.1) is 38.0 Å². The molecule has 7 atom stereocenters. The molecule has 606 valence electrons. The molecule has 0 saturated carbocycles. The predicted octanol–water partition coefficient (Wildman–Crippen LogP) is 13.0. The van der Waals surface area contributed by atoms with Gasteiger partial charge in [-0.15, -0.1) is 73.7 Å². The number of benzene rings is 6. The second kappa shape index (κ2) is 37.6. The minimum Gasteiger partial charge on any atom is -0.423 e. The van der Waals surface area contributed by atoms with Crippen LogP contribution in [0.4, 0.5) is 0 Å². The van der Waals surface area contributed by atoms with Gasteiger partial charge in [0.05, 0.1) is 75.2 Å². The summed E-state index contributed by atoms with van der Waals surface area (Å²) in [5, 5.41) is 60.4. The normalized spacial score (nSPS) is 15.6. The molecule has 10 heterocycles. The van der Waals surface area contributed by atoms with E-state index >= 15 is 0 Å². The zero-order valence-electron chi connectivity index (χ0n) is 67.2. The zero-order valence-corrected chi connectivity index (χ0v) is 68.8. The lowest BCUT2D eigenvalue weighted by atomic mass is 9.74. The Morgan fingerprint density at radius 3 is 1.30 bits per heavy atom. The molecule has 10 N–H and O–H groups in total. The summed E-state index contributed by atoms with van der Waals surface area (Å²) in [6, 6.07) is 60.9. The van der Waals surface area contributed by atoms with Gasteiger partial charge in [0, 0.05) is 42.0 Å². The maximum Gasteiger partial charge on any atom is 0.238 e. The Hall–Kier alpha value is -12.5. The SMILES string of the molecule is C[C@@](N)(Cc1ccccc1)c1nnc(CC2CCc3ccccc3C2C#N)o1.C[C@@](N)(Cc1ccccc1)c1nnc(Cc2cn3ccsc3n2)o1.C[C@@](N)(Cc1ccccc1)c1nnc(Cn2ccnc2)o1.Cc1nc(C)n(Cc2nnc([C@](C)(N)Cc3ccccc3)o2)n1.Cc1nc(Cc2nnc([C@](C)(N)Cc3ccccc3)o2)cs1. The Balaban J connectivity index is 0.000000128. The Bertz CT molecular complexity index is 5790. The fourth-order valence-electron chi connectivity index (χ4n) is 13.7. The van der Waals surface area contributed by atoms with Gasteiger partial charge in [-0.3, -0.25) is 4.40 Å². The molecule has 31 heteroatoms. The molecule has 1 aliphatic carbocycles. The van der Waals surface area contributed by atoms with E-state index in [1.165, 1.54) is 5.56 Å². The first kappa shape index (κ1) is 83.4. The van der Waals surface area contributed by atoms with Crippen molar-refractivity contribution in [3.63, 3.8) is 0 Å². The molecule has 0 aliphatic heterocycles. The van der Waals surface area contributed by atoms with Gasteiger partial charge in [0.15, 0.2) is 4.96 Å². The monoisotopic (exact) mass is 1620 g/mol. The number of aryl methyl sites for hydroxylation is 4. The van der Waals surface area contributed by atoms with Gasteiger partial charge in [-0.2, -0.15) is 10.4 Å². The summed E-state index contributed by atoms with van der Waals surface area (Å²) in [4.78, 5) is 18.1. The number of rotatable bonds is 25. The van der Waals surface area contributed by atoms with Crippen molar-refractivity contribution in [2.45, 2.75) is 166 Å². The van der Waals surface area contributed by atoms with E-state index in [0.717, 1.165) is 79.2 Å². The Labute approximate surface area is 691 Å². The molecule has 0 spiro atoms. The van der Waals surface area contributed by atoms with Gasteiger partial charge >= 0.3 is 0 Å². The Kier molecular flexibility index (Phi) is 26.6. The average Bonchev–Trinajstić information content (AvgIpc) is 1.34. The van der Waals surface area contributed by atoms with Crippen molar-refractivity contribution >= 4 is 27.6 Å². The number of hydrogen-bond donors (Lipinski definition) is 5. The molecule has 10 aromatic heterocycles. The molecule has 0 bridgehead atoms. The second-order valence-corrected chi connectivity index (χ2v) is 32.8. The lowest BCUT2D eigenvalue weighted by Crippen LogP contribution is -2.36. The zero-order chi connectivity index (χ0) is 82.9. The molecule has 118 heavy (non-hydrogen) atoms. The van der Waals surface area contributed by atoms with Crippen LogP contribution in [0.2, 0.25) is 0 Å². The highest BCUT2D eigenvalue weighted by Crippen LogP contribution is 2.38. The summed E-state index contributed by atoms with van der Waals surface area (Å²) in [6.45, 7) is 16.1. The topological polar surface area (TPSA) is 427 Å². The summed E-state index contributed by atoms with van der Waals surface area (Å²) in [5.41, 5.74) is 38.4. The molecule has 1 aliphatic rings. The number of nitriles is 1. The molecule has 0 fully saturated rings. The molecule has 16 aromatic rings. The molecule has 0 saturated heterocycles. The summed E-state index contributed by atoms with van der Waals surface area (Å²) < 4.78 is 34.5. The average molecular weight is 1620 g/mol. The summed E-state index contributed by atoms with van der Waals surface area (Å²) in [7, 11) is 0. The molecular weight excluding hydrogens is 1530 g/mol. The van der Waals surface area contributed by atoms with E-state index in [0.29, 0.717) is 123 Å². The molecule has 2 unspecified atom stereocenters. The minimum absolute atomic E-state index is 0.145. The van der Waals surface area contributed by atoms with E-state index in [4.69, 9.17) is 50.8 Å². The van der Waals surface area contributed by atoms with Crippen LogP contribution in [0.3, 0.4) is 0 Å². The molecule has 17 rings (SSSR count). The largest absolute Gasteiger partial charge is 0.423 e. The van der Waals surface area contributed by atoms with Crippen LogP contribution < -0.4 is 28.7 Å². The third-order valence-electron chi connectivity index (χ3n) is 19.7. The standard InChI is InChI=1S/C23H24N4O.C17H17N5OS.C16H20N6O.C16H18N4OS.C15H17N5O/c1-23(25,14-16-7-3-2-4-8-16)22-27-26-21(28-22)13-18-12-11-17-9-5-6-10-19(17)20(18)15-24;1-17(18,10-12-5-3-2-4-6-12)15-21-20-14(23-15)9-13-11-22-7-8-24-16(22)19-13;1-11-18-12(2)22(21-11)10-14-19-20-15(23-14)16(3,17)9-13-7-5-4-6-8-13;1-11-18-13(10-22-11)8-14-19-20-15(21-14)16(2,17)9-12-6-4-3-5-7-12;1-15(16,9-12-5-3-2-4-6-12)14-19-18-13(21-14)10-20-8-7-17-11-20/h2-10,18,20H,11-14,25H2,1H3;2-8,11H,9-10,18H2,1H3;4-8H,9-10,17H2,1-3H3;3-7,10H,8-9,17H2,1-2H3;2-8,11H,9-10,16H2,1H3/t18?,20?,23-;17-;2*16-;15-/m11111/s1. The third kappa shape index (κ3) is 22.6. The lowest BCUT2D eigenvalue weighted by molar-refractivity contribution is 0.315. The molecule has 29 nitrogen and oxygen atoms in total. The van der Waals surface area contributed by atoms with Gasteiger partial charge in [-0.25, -0.2) is 24.6 Å². The molecule has 0 amide bonds. The summed E-state index contributed by atoms with van der Waals surface area (Å²) >= 11 is 3.21. The highest BCUT2D eigenvalue weighted by atomic mass is 32.1. The van der Waals surface area contributed by atoms with Crippen molar-refractivity contribution in [2.75, 3.05) is 0 Å². The van der Waals surface area contributed by atoms with Gasteiger partial charge in [0.1, 0.15) is 24.7 Å². The minimum atomic E-state index is -0.736. The van der Waals surface area contributed by atoms with E-state index in [1.807, 2.05) is 258 Å². The van der Waals surface area contributed by atoms with Crippen LogP contribution in [-0.4, -0.2) is 89.7 Å². The van der Waals surface area contributed by atoms with Crippen molar-refractivity contribution < 1.29 is 22.1 Å². The van der Waals surface area contributed by atoms with E-state index < -0.39 is 27.7 Å². The maximum atomic E-state index is 9.75. The van der Waals surface area contributed by atoms with Gasteiger partial charge in [-0.1, -0.05) is 176 Å². The van der Waals surface area contributed by atoms with Crippen LogP contribution in [-0.2, 0) is 98.6 Å². The fourth-order valence-corrected chi connectivity index (χ4v) is 15.1. The van der Waals surface area contributed by atoms with Crippen LogP contribution in [0.1, 0.15) is 173 Å². The highest BCUT2D eigenvalue weighted by molar-refractivity contribution is 7.15. The number of fused-ring (bicyclic) bond motifs is 2. The third-order valence-corrected chi connectivity index (χ3v) is 21.3. The van der Waals surface area contributed by atoms with Crippen LogP contribution in [0.25, 0.3) is 4.96 Å². The number of aromatic nitrogens is 18. The van der Waals surface area contributed by atoms with Gasteiger partial charge in [0.25, 0.3) is 0 Å². The first-order valence-electron chi connectivity index (χ1n) is 38.7. The number of hydrogen-bond acceptors (Lipinski definition) is 28. The number of nitrogens with zero attached hydrogens (tertiary/aromatic N) is 19. The second-order valence-electron chi connectivity index (χ2n) is 30.8. The van der Waals surface area contributed by atoms with E-state index in [9.17, 15) is 5.26 Å². The van der Waals surface area contributed by atoms with Crippen LogP contribution in [0.15, 0.2) is 240 Å². The van der Waals surface area contributed by atoms with Gasteiger partial charge in [0.2, 0.25) is 58.9 Å². The van der Waals surface area contributed by atoms with Crippen molar-refractivity contribution in [1.29, 1.82) is 5.26 Å². The lowest BCUT2D eigenvalue weighted by Gasteiger charge is -2.28. The maximum absolute atomic E-state index is 9.75. The van der Waals surface area contributed by atoms with Crippen LogP contribution in [0.5, 0.6) is 0 Å². The fraction of sp³-hybridized carbons (Fsp3) is 0.310. The van der Waals surface area contributed by atoms with E-state index in [-0.39, 0.29) is 11.8 Å².